The standard InChI is InChI=1S/C6H10N2O2/c9-5(10)4-1-6(2-4)3-7-8-6/h4,7-8H,1-3H2,(H,9,10). The van der Waals surface area contributed by atoms with Crippen LogP contribution in [0.2, 0.25) is 0 Å². The molecule has 1 saturated carbocycles. The fourth-order valence-corrected chi connectivity index (χ4v) is 1.64. The molecule has 3 N–H and O–H groups in total. The van der Waals surface area contributed by atoms with E-state index in [0.717, 1.165) is 19.4 Å². The molecule has 0 radical (unpaired) electrons. The Labute approximate surface area is 58.6 Å². The van der Waals surface area contributed by atoms with Crippen molar-refractivity contribution in [1.82, 2.24) is 10.9 Å². The van der Waals surface area contributed by atoms with E-state index in [0.29, 0.717) is 0 Å². The van der Waals surface area contributed by atoms with Crippen molar-refractivity contribution >= 4 is 5.97 Å². The lowest BCUT2D eigenvalue weighted by molar-refractivity contribution is -0.150. The molecule has 4 nitrogen and oxygen atoms in total. The van der Waals surface area contributed by atoms with Crippen molar-refractivity contribution in [2.75, 3.05) is 6.54 Å². The second kappa shape index (κ2) is 1.71. The van der Waals surface area contributed by atoms with Crippen molar-refractivity contribution in [3.8, 4) is 0 Å². The van der Waals surface area contributed by atoms with Gasteiger partial charge < -0.3 is 5.11 Å². The fourth-order valence-electron chi connectivity index (χ4n) is 1.64. The molecule has 2 fully saturated rings. The van der Waals surface area contributed by atoms with E-state index in [1.807, 2.05) is 0 Å². The molecule has 2 aliphatic rings. The number of carboxylic acids is 1. The Balaban J connectivity index is 1.88. The van der Waals surface area contributed by atoms with Gasteiger partial charge in [0.1, 0.15) is 0 Å². The van der Waals surface area contributed by atoms with E-state index < -0.39 is 5.97 Å². The van der Waals surface area contributed by atoms with Crippen molar-refractivity contribution in [3.05, 3.63) is 0 Å². The third kappa shape index (κ3) is 0.660. The zero-order chi connectivity index (χ0) is 7.19. The molecular weight excluding hydrogens is 132 g/mol. The Bertz CT molecular complexity index is 169. The van der Waals surface area contributed by atoms with Crippen LogP contribution in [0.1, 0.15) is 12.8 Å². The lowest BCUT2D eigenvalue weighted by atomic mass is 9.67. The molecule has 0 aromatic carbocycles. The van der Waals surface area contributed by atoms with Crippen molar-refractivity contribution in [2.24, 2.45) is 5.92 Å². The number of carboxylic acid groups (broad SMARTS) is 1. The third-order valence-electron chi connectivity index (χ3n) is 2.40. The molecule has 1 aliphatic carbocycles. The number of rotatable bonds is 1. The predicted octanol–water partition coefficient (Wildman–Crippen LogP) is -0.672. The van der Waals surface area contributed by atoms with Gasteiger partial charge in [0.25, 0.3) is 0 Å². The van der Waals surface area contributed by atoms with Crippen molar-refractivity contribution in [3.63, 3.8) is 0 Å². The van der Waals surface area contributed by atoms with E-state index in [-0.39, 0.29) is 11.5 Å². The van der Waals surface area contributed by atoms with Crippen LogP contribution in [0.3, 0.4) is 0 Å². The van der Waals surface area contributed by atoms with Gasteiger partial charge in [0.05, 0.1) is 5.92 Å². The van der Waals surface area contributed by atoms with Crippen LogP contribution in [0.15, 0.2) is 0 Å². The summed E-state index contributed by atoms with van der Waals surface area (Å²) < 4.78 is 0. The lowest BCUT2D eigenvalue weighted by Crippen LogP contribution is -2.75. The Hall–Kier alpha value is -0.610. The van der Waals surface area contributed by atoms with E-state index in [2.05, 4.69) is 10.9 Å². The monoisotopic (exact) mass is 142 g/mol. The summed E-state index contributed by atoms with van der Waals surface area (Å²) in [6.45, 7) is 0.927. The van der Waals surface area contributed by atoms with Gasteiger partial charge in [-0.1, -0.05) is 0 Å². The molecule has 1 aliphatic heterocycles. The second-order valence-electron chi connectivity index (χ2n) is 3.20. The van der Waals surface area contributed by atoms with E-state index >= 15 is 0 Å². The van der Waals surface area contributed by atoms with Gasteiger partial charge in [-0.3, -0.25) is 15.6 Å². The van der Waals surface area contributed by atoms with Gasteiger partial charge in [-0.05, 0) is 12.8 Å². The first-order valence-electron chi connectivity index (χ1n) is 3.45. The zero-order valence-electron chi connectivity index (χ0n) is 5.55. The molecule has 4 heteroatoms. The summed E-state index contributed by atoms with van der Waals surface area (Å²) in [6.07, 6.45) is 1.57. The number of hydrogen-bond acceptors (Lipinski definition) is 3. The highest BCUT2D eigenvalue weighted by Crippen LogP contribution is 2.39. The smallest absolute Gasteiger partial charge is 0.306 e. The van der Waals surface area contributed by atoms with Crippen LogP contribution in [0.25, 0.3) is 0 Å². The Morgan fingerprint density at radius 1 is 1.60 bits per heavy atom. The normalized spacial score (nSPS) is 44.2. The van der Waals surface area contributed by atoms with Gasteiger partial charge in [-0.2, -0.15) is 0 Å². The highest BCUT2D eigenvalue weighted by Gasteiger charge is 2.51. The lowest BCUT2D eigenvalue weighted by Gasteiger charge is -2.53. The first-order valence-corrected chi connectivity index (χ1v) is 3.45. The van der Waals surface area contributed by atoms with Crippen molar-refractivity contribution < 1.29 is 9.90 Å². The molecule has 0 bridgehead atoms. The molecule has 0 amide bonds. The molecule has 0 aromatic rings. The van der Waals surface area contributed by atoms with Gasteiger partial charge in [-0.25, -0.2) is 0 Å². The summed E-state index contributed by atoms with van der Waals surface area (Å²) in [5.41, 5.74) is 6.11. The highest BCUT2D eigenvalue weighted by molar-refractivity contribution is 5.72. The molecule has 1 heterocycles. The van der Waals surface area contributed by atoms with Crippen LogP contribution in [-0.2, 0) is 4.79 Å². The van der Waals surface area contributed by atoms with Crippen molar-refractivity contribution in [1.29, 1.82) is 0 Å². The van der Waals surface area contributed by atoms with Crippen molar-refractivity contribution in [2.45, 2.75) is 18.4 Å². The van der Waals surface area contributed by atoms with E-state index in [1.54, 1.807) is 0 Å². The molecule has 1 spiro atoms. The Morgan fingerprint density at radius 3 is 2.50 bits per heavy atom. The second-order valence-corrected chi connectivity index (χ2v) is 3.20. The molecule has 2 rings (SSSR count). The maximum Gasteiger partial charge on any atom is 0.306 e. The summed E-state index contributed by atoms with van der Waals surface area (Å²) in [5, 5.41) is 8.54. The van der Waals surface area contributed by atoms with E-state index in [1.165, 1.54) is 0 Å². The SMILES string of the molecule is O=C(O)C1CC2(CNN2)C1. The molecule has 0 aromatic heterocycles. The number of hydrazine groups is 1. The number of carbonyl (C=O) groups is 1. The van der Waals surface area contributed by atoms with E-state index in [9.17, 15) is 4.79 Å². The first-order chi connectivity index (χ1) is 4.72. The van der Waals surface area contributed by atoms with Crippen LogP contribution >= 0.6 is 0 Å². The number of hydrogen-bond donors (Lipinski definition) is 3. The minimum atomic E-state index is -0.653. The molecule has 10 heavy (non-hydrogen) atoms. The highest BCUT2D eigenvalue weighted by atomic mass is 16.4. The fraction of sp³-hybridized carbons (Fsp3) is 0.833. The maximum absolute atomic E-state index is 10.4. The summed E-state index contributed by atoms with van der Waals surface area (Å²) in [7, 11) is 0. The summed E-state index contributed by atoms with van der Waals surface area (Å²) >= 11 is 0. The summed E-state index contributed by atoms with van der Waals surface area (Å²) in [4.78, 5) is 10.4. The average molecular weight is 142 g/mol. The van der Waals surface area contributed by atoms with E-state index in [4.69, 9.17) is 5.11 Å². The third-order valence-corrected chi connectivity index (χ3v) is 2.40. The molecule has 56 valence electrons. The van der Waals surface area contributed by atoms with Gasteiger partial charge in [-0.15, -0.1) is 0 Å². The first kappa shape index (κ1) is 6.12. The van der Waals surface area contributed by atoms with Crippen LogP contribution in [0, 0.1) is 5.92 Å². The molecule has 0 unspecified atom stereocenters. The van der Waals surface area contributed by atoms with Crippen LogP contribution < -0.4 is 10.9 Å². The number of aliphatic carboxylic acids is 1. The number of nitrogens with one attached hydrogen (secondary N) is 2. The average Bonchev–Trinajstić information content (AvgIpc) is 1.54. The Morgan fingerprint density at radius 2 is 2.20 bits per heavy atom. The topological polar surface area (TPSA) is 61.4 Å². The minimum Gasteiger partial charge on any atom is -0.481 e. The predicted molar refractivity (Wildman–Crippen MR) is 34.2 cm³/mol. The van der Waals surface area contributed by atoms with Crippen LogP contribution in [0.5, 0.6) is 0 Å². The summed E-state index contributed by atoms with van der Waals surface area (Å²) in [5.74, 6) is -0.756. The minimum absolute atomic E-state index is 0.102. The molecule has 0 atom stereocenters. The van der Waals surface area contributed by atoms with Crippen LogP contribution in [0.4, 0.5) is 0 Å². The van der Waals surface area contributed by atoms with Gasteiger partial charge in [0, 0.05) is 12.1 Å². The molecule has 1 saturated heterocycles. The zero-order valence-corrected chi connectivity index (χ0v) is 5.55. The summed E-state index contributed by atoms with van der Waals surface area (Å²) in [6, 6.07) is 0. The van der Waals surface area contributed by atoms with Gasteiger partial charge in [0.15, 0.2) is 0 Å². The van der Waals surface area contributed by atoms with Crippen LogP contribution in [-0.4, -0.2) is 23.2 Å². The quantitative estimate of drug-likeness (QED) is 0.454. The maximum atomic E-state index is 10.4. The van der Waals surface area contributed by atoms with Gasteiger partial charge in [0.2, 0.25) is 0 Å². The molecular formula is C6H10N2O2. The Kier molecular flexibility index (Phi) is 1.04. The largest absolute Gasteiger partial charge is 0.481 e. The van der Waals surface area contributed by atoms with Gasteiger partial charge >= 0.3 is 5.97 Å².